The Hall–Kier alpha value is -0.630. The Morgan fingerprint density at radius 2 is 2.75 bits per heavy atom. The van der Waals surface area contributed by atoms with Crippen LogP contribution in [0.2, 0.25) is 5.15 Å². The largest absolute Gasteiger partial charge is 0.157 e. The van der Waals surface area contributed by atoms with Crippen molar-refractivity contribution in [3.63, 3.8) is 0 Å². The van der Waals surface area contributed by atoms with Crippen LogP contribution in [0, 0.1) is 6.85 Å². The Morgan fingerprint density at radius 3 is 3.25 bits per heavy atom. The molecule has 3 heteroatoms. The van der Waals surface area contributed by atoms with Crippen molar-refractivity contribution in [2.75, 3.05) is 0 Å². The third-order valence-corrected chi connectivity index (χ3v) is 0.809. The van der Waals surface area contributed by atoms with Crippen LogP contribution in [0.3, 0.4) is 0 Å². The maximum absolute atomic E-state index is 6.98. The molecule has 1 aromatic rings. The lowest BCUT2D eigenvalue weighted by atomic mass is 10.4. The first-order chi connectivity index (χ1) is 5.00. The van der Waals surface area contributed by atoms with Gasteiger partial charge in [0.2, 0.25) is 0 Å². The molecule has 0 radical (unpaired) electrons. The molecule has 0 fully saturated rings. The van der Waals surface area contributed by atoms with E-state index in [1.807, 2.05) is 0 Å². The standard InChI is InChI=1S/C5H5ClN2/c1-4-2-5(6)8-7-3-4/h2-3H,1H3/i1D3. The third kappa shape index (κ3) is 1.17. The molecule has 8 heavy (non-hydrogen) atoms. The quantitative estimate of drug-likeness (QED) is 0.533. The lowest BCUT2D eigenvalue weighted by Gasteiger charge is -1.86. The molecule has 1 heterocycles. The van der Waals surface area contributed by atoms with E-state index >= 15 is 0 Å². The minimum Gasteiger partial charge on any atom is -0.157 e. The van der Waals surface area contributed by atoms with Crippen molar-refractivity contribution < 1.29 is 4.11 Å². The Bertz CT molecular complexity index is 260. The highest BCUT2D eigenvalue weighted by Gasteiger charge is 1.85. The first-order valence-corrected chi connectivity index (χ1v) is 2.36. The maximum atomic E-state index is 6.98. The lowest BCUT2D eigenvalue weighted by Crippen LogP contribution is -1.80. The minimum absolute atomic E-state index is 0.0959. The summed E-state index contributed by atoms with van der Waals surface area (Å²) >= 11 is 5.43. The molecule has 0 saturated heterocycles. The first kappa shape index (κ1) is 2.78. The van der Waals surface area contributed by atoms with E-state index in [4.69, 9.17) is 15.7 Å². The summed E-state index contributed by atoms with van der Waals surface area (Å²) in [5.41, 5.74) is 0.109. The highest BCUT2D eigenvalue weighted by molar-refractivity contribution is 6.29. The average Bonchev–Trinajstić information content (AvgIpc) is 1.86. The second-order valence-electron chi connectivity index (χ2n) is 1.27. The molecule has 0 aliphatic carbocycles. The van der Waals surface area contributed by atoms with E-state index in [1.165, 1.54) is 12.3 Å². The van der Waals surface area contributed by atoms with Gasteiger partial charge in [-0.1, -0.05) is 11.6 Å². The van der Waals surface area contributed by atoms with Gasteiger partial charge in [-0.05, 0) is 18.5 Å². The van der Waals surface area contributed by atoms with Crippen molar-refractivity contribution in [2.45, 2.75) is 6.85 Å². The number of rotatable bonds is 0. The van der Waals surface area contributed by atoms with Crippen LogP contribution in [-0.2, 0) is 0 Å². The van der Waals surface area contributed by atoms with Crippen LogP contribution < -0.4 is 0 Å². The minimum atomic E-state index is -2.15. The van der Waals surface area contributed by atoms with Crippen molar-refractivity contribution in [3.05, 3.63) is 23.0 Å². The monoisotopic (exact) mass is 131 g/mol. The zero-order valence-electron chi connectivity index (χ0n) is 6.93. The van der Waals surface area contributed by atoms with Gasteiger partial charge in [0.1, 0.15) is 0 Å². The summed E-state index contributed by atoms with van der Waals surface area (Å²) in [6, 6.07) is 1.28. The van der Waals surface area contributed by atoms with Crippen LogP contribution in [-0.4, -0.2) is 10.2 Å². The van der Waals surface area contributed by atoms with E-state index in [-0.39, 0.29) is 10.7 Å². The van der Waals surface area contributed by atoms with Gasteiger partial charge >= 0.3 is 0 Å². The van der Waals surface area contributed by atoms with Gasteiger partial charge in [0.05, 0.1) is 6.20 Å². The number of aromatic nitrogens is 2. The van der Waals surface area contributed by atoms with Gasteiger partial charge in [-0.2, -0.15) is 5.10 Å². The van der Waals surface area contributed by atoms with Crippen LogP contribution in [0.4, 0.5) is 0 Å². The molecule has 0 atom stereocenters. The number of aryl methyl sites for hydroxylation is 1. The van der Waals surface area contributed by atoms with Gasteiger partial charge in [-0.3, -0.25) is 0 Å². The molecular formula is C5H5ClN2. The third-order valence-electron chi connectivity index (χ3n) is 0.625. The maximum Gasteiger partial charge on any atom is 0.151 e. The van der Waals surface area contributed by atoms with Crippen molar-refractivity contribution in [1.29, 1.82) is 0 Å². The number of hydrogen-bond acceptors (Lipinski definition) is 2. The molecule has 0 spiro atoms. The molecule has 0 saturated carbocycles. The molecule has 0 unspecified atom stereocenters. The van der Waals surface area contributed by atoms with E-state index in [0.29, 0.717) is 0 Å². The molecule has 1 aromatic heterocycles. The van der Waals surface area contributed by atoms with Crippen LogP contribution in [0.15, 0.2) is 12.3 Å². The number of hydrogen-bond donors (Lipinski definition) is 0. The molecule has 0 bridgehead atoms. The van der Waals surface area contributed by atoms with Gasteiger partial charge in [0.15, 0.2) is 5.15 Å². The summed E-state index contributed by atoms with van der Waals surface area (Å²) in [4.78, 5) is 0. The van der Waals surface area contributed by atoms with E-state index in [2.05, 4.69) is 10.2 Å². The number of nitrogens with zero attached hydrogens (tertiary/aromatic N) is 2. The summed E-state index contributed by atoms with van der Waals surface area (Å²) in [5.74, 6) is 0. The first-order valence-electron chi connectivity index (χ1n) is 3.49. The molecule has 0 N–H and O–H groups in total. The average molecular weight is 132 g/mol. The fraction of sp³-hybridized carbons (Fsp3) is 0.200. The number of halogens is 1. The SMILES string of the molecule is [2H]C([2H])([2H])c1cnnc(Cl)c1. The van der Waals surface area contributed by atoms with Gasteiger partial charge < -0.3 is 0 Å². The predicted molar refractivity (Wildman–Crippen MR) is 31.8 cm³/mol. The fourth-order valence-corrected chi connectivity index (χ4v) is 0.502. The van der Waals surface area contributed by atoms with E-state index < -0.39 is 6.85 Å². The summed E-state index contributed by atoms with van der Waals surface area (Å²) < 4.78 is 20.9. The smallest absolute Gasteiger partial charge is 0.151 e. The molecule has 0 aliphatic rings. The summed E-state index contributed by atoms with van der Waals surface area (Å²) in [6.45, 7) is -2.15. The summed E-state index contributed by atoms with van der Waals surface area (Å²) in [6.07, 6.45) is 1.18. The van der Waals surface area contributed by atoms with Crippen LogP contribution in [0.1, 0.15) is 9.68 Å². The Morgan fingerprint density at radius 1 is 1.88 bits per heavy atom. The van der Waals surface area contributed by atoms with E-state index in [9.17, 15) is 0 Å². The normalized spacial score (nSPS) is 16.4. The van der Waals surface area contributed by atoms with Crippen molar-refractivity contribution in [2.24, 2.45) is 0 Å². The zero-order valence-corrected chi connectivity index (χ0v) is 4.68. The van der Waals surface area contributed by atoms with E-state index in [0.717, 1.165) is 0 Å². The molecular weight excluding hydrogens is 124 g/mol. The summed E-state index contributed by atoms with van der Waals surface area (Å²) in [5, 5.41) is 6.92. The highest BCUT2D eigenvalue weighted by Crippen LogP contribution is 2.02. The Balaban J connectivity index is 3.06. The van der Waals surface area contributed by atoms with Crippen LogP contribution >= 0.6 is 11.6 Å². The molecule has 1 rings (SSSR count). The van der Waals surface area contributed by atoms with Gasteiger partial charge in [0.25, 0.3) is 0 Å². The fourth-order valence-electron chi connectivity index (χ4n) is 0.341. The Kier molecular flexibility index (Phi) is 0.727. The van der Waals surface area contributed by atoms with Crippen LogP contribution in [0.25, 0.3) is 0 Å². The van der Waals surface area contributed by atoms with Crippen molar-refractivity contribution >= 4 is 11.6 Å². The Labute approximate surface area is 56.7 Å². The van der Waals surface area contributed by atoms with E-state index in [1.54, 1.807) is 0 Å². The highest BCUT2D eigenvalue weighted by atomic mass is 35.5. The van der Waals surface area contributed by atoms with Crippen LogP contribution in [0.5, 0.6) is 0 Å². The molecule has 0 aromatic carbocycles. The predicted octanol–water partition coefficient (Wildman–Crippen LogP) is 1.44. The van der Waals surface area contributed by atoms with Gasteiger partial charge in [-0.15, -0.1) is 5.10 Å². The second kappa shape index (κ2) is 2.09. The molecule has 2 nitrogen and oxygen atoms in total. The molecule has 0 aliphatic heterocycles. The lowest BCUT2D eigenvalue weighted by molar-refractivity contribution is 1.02. The van der Waals surface area contributed by atoms with Gasteiger partial charge in [0, 0.05) is 4.11 Å². The van der Waals surface area contributed by atoms with Gasteiger partial charge in [-0.25, -0.2) is 0 Å². The van der Waals surface area contributed by atoms with Crippen molar-refractivity contribution in [1.82, 2.24) is 10.2 Å². The topological polar surface area (TPSA) is 25.8 Å². The zero-order chi connectivity index (χ0) is 8.48. The molecule has 0 amide bonds. The second-order valence-corrected chi connectivity index (χ2v) is 1.65. The molecule has 42 valence electrons. The summed E-state index contributed by atoms with van der Waals surface area (Å²) in [7, 11) is 0. The van der Waals surface area contributed by atoms with Crippen molar-refractivity contribution in [3.8, 4) is 0 Å².